The molecular formula is C19H20N4OS. The van der Waals surface area contributed by atoms with Crippen LogP contribution in [-0.2, 0) is 11.3 Å². The standard InChI is InChI=1S/C19H20N4OS/c24-17-8-14(16-7-12(11-25-16)10-23-5-1-2-6-23)18-15(21-17)4-3-13-9-20-22-19(13)18/h3-4,7,9,11,14H,1-2,5-6,8,10H2,(H,20,22)(H,21,24). The monoisotopic (exact) mass is 352 g/mol. The van der Waals surface area contributed by atoms with E-state index in [2.05, 4.69) is 31.9 Å². The van der Waals surface area contributed by atoms with Gasteiger partial charge in [-0.3, -0.25) is 14.8 Å². The summed E-state index contributed by atoms with van der Waals surface area (Å²) in [4.78, 5) is 16.0. The van der Waals surface area contributed by atoms with Crippen LogP contribution in [0.15, 0.2) is 29.8 Å². The largest absolute Gasteiger partial charge is 0.326 e. The number of nitrogens with zero attached hydrogens (tertiary/aromatic N) is 2. The number of hydrogen-bond acceptors (Lipinski definition) is 4. The molecule has 5 rings (SSSR count). The van der Waals surface area contributed by atoms with Crippen molar-refractivity contribution >= 4 is 33.8 Å². The summed E-state index contributed by atoms with van der Waals surface area (Å²) in [7, 11) is 0. The third kappa shape index (κ3) is 2.65. The molecule has 6 heteroatoms. The molecule has 2 aromatic heterocycles. The molecule has 2 aliphatic heterocycles. The van der Waals surface area contributed by atoms with E-state index in [9.17, 15) is 4.79 Å². The van der Waals surface area contributed by atoms with Crippen molar-refractivity contribution in [3.8, 4) is 0 Å². The number of rotatable bonds is 3. The number of benzene rings is 1. The van der Waals surface area contributed by atoms with Crippen LogP contribution in [-0.4, -0.2) is 34.1 Å². The van der Waals surface area contributed by atoms with Gasteiger partial charge in [0.05, 0.1) is 11.7 Å². The number of nitrogens with one attached hydrogen (secondary N) is 2. The molecule has 0 aliphatic carbocycles. The zero-order valence-electron chi connectivity index (χ0n) is 13.9. The van der Waals surface area contributed by atoms with Crippen molar-refractivity contribution in [3.63, 3.8) is 0 Å². The molecule has 0 radical (unpaired) electrons. The summed E-state index contributed by atoms with van der Waals surface area (Å²) in [5.74, 6) is 0.191. The molecule has 1 saturated heterocycles. The van der Waals surface area contributed by atoms with Crippen LogP contribution in [0.2, 0.25) is 0 Å². The molecule has 3 aromatic rings. The van der Waals surface area contributed by atoms with Crippen molar-refractivity contribution in [3.05, 3.63) is 45.8 Å². The van der Waals surface area contributed by atoms with E-state index in [4.69, 9.17) is 0 Å². The van der Waals surface area contributed by atoms with Gasteiger partial charge in [0.25, 0.3) is 0 Å². The van der Waals surface area contributed by atoms with Crippen LogP contribution < -0.4 is 5.32 Å². The van der Waals surface area contributed by atoms with Gasteiger partial charge in [0.1, 0.15) is 0 Å². The molecule has 0 saturated carbocycles. The van der Waals surface area contributed by atoms with Gasteiger partial charge in [-0.25, -0.2) is 0 Å². The minimum atomic E-state index is 0.0888. The number of H-pyrrole nitrogens is 1. The summed E-state index contributed by atoms with van der Waals surface area (Å²) in [5.41, 5.74) is 4.49. The first-order chi connectivity index (χ1) is 12.3. The zero-order chi connectivity index (χ0) is 16.8. The molecule has 1 unspecified atom stereocenters. The van der Waals surface area contributed by atoms with Crippen molar-refractivity contribution in [2.45, 2.75) is 31.7 Å². The predicted molar refractivity (Wildman–Crippen MR) is 100 cm³/mol. The van der Waals surface area contributed by atoms with Crippen LogP contribution in [0.4, 0.5) is 5.69 Å². The van der Waals surface area contributed by atoms with Gasteiger partial charge in [-0.05, 0) is 55.1 Å². The molecule has 0 bridgehead atoms. The molecular weight excluding hydrogens is 332 g/mol. The lowest BCUT2D eigenvalue weighted by molar-refractivity contribution is -0.116. The van der Waals surface area contributed by atoms with E-state index in [-0.39, 0.29) is 11.8 Å². The van der Waals surface area contributed by atoms with Crippen molar-refractivity contribution < 1.29 is 4.79 Å². The van der Waals surface area contributed by atoms with Gasteiger partial charge in [0, 0.05) is 40.4 Å². The van der Waals surface area contributed by atoms with E-state index in [1.54, 1.807) is 11.3 Å². The Morgan fingerprint density at radius 1 is 1.28 bits per heavy atom. The second-order valence-electron chi connectivity index (χ2n) is 7.01. The van der Waals surface area contributed by atoms with E-state index in [0.29, 0.717) is 6.42 Å². The fourth-order valence-electron chi connectivity index (χ4n) is 4.10. The Kier molecular flexibility index (Phi) is 3.60. The van der Waals surface area contributed by atoms with Crippen LogP contribution in [0.3, 0.4) is 0 Å². The number of aromatic nitrogens is 2. The Morgan fingerprint density at radius 2 is 2.16 bits per heavy atom. The zero-order valence-corrected chi connectivity index (χ0v) is 14.7. The number of fused-ring (bicyclic) bond motifs is 3. The van der Waals surface area contributed by atoms with Crippen LogP contribution >= 0.6 is 11.3 Å². The van der Waals surface area contributed by atoms with Gasteiger partial charge in [-0.1, -0.05) is 0 Å². The number of likely N-dealkylation sites (tertiary alicyclic amines) is 1. The van der Waals surface area contributed by atoms with Crippen molar-refractivity contribution in [1.29, 1.82) is 0 Å². The molecule has 4 heterocycles. The van der Waals surface area contributed by atoms with Gasteiger partial charge in [0.2, 0.25) is 5.91 Å². The van der Waals surface area contributed by atoms with Gasteiger partial charge in [0.15, 0.2) is 0 Å². The highest BCUT2D eigenvalue weighted by atomic mass is 32.1. The van der Waals surface area contributed by atoms with Gasteiger partial charge in [-0.15, -0.1) is 11.3 Å². The third-order valence-corrected chi connectivity index (χ3v) is 6.39. The lowest BCUT2D eigenvalue weighted by atomic mass is 9.87. The lowest BCUT2D eigenvalue weighted by Crippen LogP contribution is -2.23. The first-order valence-corrected chi connectivity index (χ1v) is 9.71. The molecule has 128 valence electrons. The summed E-state index contributed by atoms with van der Waals surface area (Å²) >= 11 is 1.78. The smallest absolute Gasteiger partial charge is 0.225 e. The molecule has 5 nitrogen and oxygen atoms in total. The first kappa shape index (κ1) is 15.1. The number of amides is 1. The number of hydrogen-bond donors (Lipinski definition) is 2. The Balaban J connectivity index is 1.53. The molecule has 1 amide bonds. The Labute approximate surface area is 150 Å². The third-order valence-electron chi connectivity index (χ3n) is 5.29. The first-order valence-electron chi connectivity index (χ1n) is 8.83. The Morgan fingerprint density at radius 3 is 3.04 bits per heavy atom. The highest BCUT2D eigenvalue weighted by Gasteiger charge is 2.30. The molecule has 1 atom stereocenters. The van der Waals surface area contributed by atoms with E-state index in [1.807, 2.05) is 18.3 Å². The Hall–Kier alpha value is -2.18. The van der Waals surface area contributed by atoms with E-state index < -0.39 is 0 Å². The quantitative estimate of drug-likeness (QED) is 0.756. The maximum absolute atomic E-state index is 12.2. The summed E-state index contributed by atoms with van der Waals surface area (Å²) in [5, 5.41) is 13.7. The highest BCUT2D eigenvalue weighted by Crippen LogP contribution is 2.42. The SMILES string of the molecule is O=C1CC(c2cc(CN3CCCC3)cs2)c2c(ccc3cn[nH]c23)N1. The molecule has 1 fully saturated rings. The molecule has 2 N–H and O–H groups in total. The summed E-state index contributed by atoms with van der Waals surface area (Å²) in [6.07, 6.45) is 4.96. The van der Waals surface area contributed by atoms with Crippen molar-refractivity contribution in [1.82, 2.24) is 15.1 Å². The molecule has 2 aliphatic rings. The van der Waals surface area contributed by atoms with E-state index in [1.165, 1.54) is 41.9 Å². The molecule has 1 aromatic carbocycles. The summed E-state index contributed by atoms with van der Waals surface area (Å²) in [6.45, 7) is 3.43. The second kappa shape index (κ2) is 5.97. The fourth-order valence-corrected chi connectivity index (χ4v) is 5.11. The lowest BCUT2D eigenvalue weighted by Gasteiger charge is -2.25. The molecule has 0 spiro atoms. The minimum absolute atomic E-state index is 0.0888. The van der Waals surface area contributed by atoms with Crippen molar-refractivity contribution in [2.75, 3.05) is 18.4 Å². The van der Waals surface area contributed by atoms with Crippen LogP contribution in [0, 0.1) is 0 Å². The van der Waals surface area contributed by atoms with Crippen LogP contribution in [0.25, 0.3) is 10.9 Å². The number of aromatic amines is 1. The Bertz CT molecular complexity index is 938. The summed E-state index contributed by atoms with van der Waals surface area (Å²) < 4.78 is 0. The predicted octanol–water partition coefficient (Wildman–Crippen LogP) is 3.69. The van der Waals surface area contributed by atoms with E-state index >= 15 is 0 Å². The normalized spacial score (nSPS) is 20.8. The maximum Gasteiger partial charge on any atom is 0.225 e. The fraction of sp³-hybridized carbons (Fsp3) is 0.368. The average Bonchev–Trinajstić information content (AvgIpc) is 3.35. The average molecular weight is 352 g/mol. The van der Waals surface area contributed by atoms with Crippen LogP contribution in [0.5, 0.6) is 0 Å². The van der Waals surface area contributed by atoms with Crippen molar-refractivity contribution in [2.24, 2.45) is 0 Å². The minimum Gasteiger partial charge on any atom is -0.326 e. The summed E-state index contributed by atoms with van der Waals surface area (Å²) in [6, 6.07) is 6.30. The second-order valence-corrected chi connectivity index (χ2v) is 7.95. The number of anilines is 1. The number of carbonyl (C=O) groups excluding carboxylic acids is 1. The number of carbonyl (C=O) groups is 1. The van der Waals surface area contributed by atoms with E-state index in [0.717, 1.165) is 23.1 Å². The van der Waals surface area contributed by atoms with Gasteiger partial charge < -0.3 is 5.32 Å². The molecule has 25 heavy (non-hydrogen) atoms. The van der Waals surface area contributed by atoms with Gasteiger partial charge in [-0.2, -0.15) is 5.10 Å². The topological polar surface area (TPSA) is 61.0 Å². The highest BCUT2D eigenvalue weighted by molar-refractivity contribution is 7.10. The number of thiophene rings is 1. The van der Waals surface area contributed by atoms with Crippen LogP contribution in [0.1, 0.15) is 41.2 Å². The van der Waals surface area contributed by atoms with Gasteiger partial charge >= 0.3 is 0 Å². The maximum atomic E-state index is 12.2.